The van der Waals surface area contributed by atoms with Crippen molar-refractivity contribution in [1.82, 2.24) is 10.2 Å². The van der Waals surface area contributed by atoms with E-state index >= 15 is 0 Å². The molecule has 1 aromatic rings. The molecule has 1 aliphatic heterocycles. The molecule has 0 saturated carbocycles. The lowest BCUT2D eigenvalue weighted by molar-refractivity contribution is 0.0962. The average Bonchev–Trinajstić information content (AvgIpc) is 2.66. The second-order valence-corrected chi connectivity index (χ2v) is 6.25. The Labute approximate surface area is 181 Å². The molecule has 1 heterocycles. The highest BCUT2D eigenvalue weighted by Gasteiger charge is 2.23. The minimum absolute atomic E-state index is 0. The summed E-state index contributed by atoms with van der Waals surface area (Å²) in [7, 11) is 0. The SMILES string of the molecule is CCOC(=O)N1CCC(NC(N)=NCC(O)COc2ccc(F)cc2)CC1.I. The fraction of sp³-hybridized carbons (Fsp3) is 0.556. The van der Waals surface area contributed by atoms with E-state index in [0.29, 0.717) is 25.4 Å². The van der Waals surface area contributed by atoms with Crippen LogP contribution in [0.3, 0.4) is 0 Å². The number of likely N-dealkylation sites (tertiary alicyclic amines) is 1. The topological polar surface area (TPSA) is 109 Å². The molecule has 28 heavy (non-hydrogen) atoms. The number of halogens is 2. The molecule has 1 fully saturated rings. The number of carbonyl (C=O) groups is 1. The third kappa shape index (κ3) is 8.46. The van der Waals surface area contributed by atoms with Crippen LogP contribution in [-0.4, -0.2) is 67.1 Å². The Morgan fingerprint density at radius 1 is 1.39 bits per heavy atom. The predicted octanol–water partition coefficient (Wildman–Crippen LogP) is 1.71. The van der Waals surface area contributed by atoms with Gasteiger partial charge in [-0.1, -0.05) is 0 Å². The highest BCUT2D eigenvalue weighted by Crippen LogP contribution is 2.12. The summed E-state index contributed by atoms with van der Waals surface area (Å²) in [5, 5.41) is 13.0. The normalized spacial score (nSPS) is 16.1. The number of nitrogens with two attached hydrogens (primary N) is 1. The first-order valence-corrected chi connectivity index (χ1v) is 9.02. The predicted molar refractivity (Wildman–Crippen MR) is 115 cm³/mol. The highest BCUT2D eigenvalue weighted by molar-refractivity contribution is 14.0. The van der Waals surface area contributed by atoms with Crippen LogP contribution in [0.4, 0.5) is 9.18 Å². The molecule has 2 rings (SSSR count). The smallest absolute Gasteiger partial charge is 0.409 e. The van der Waals surface area contributed by atoms with Crippen molar-refractivity contribution in [3.63, 3.8) is 0 Å². The first-order chi connectivity index (χ1) is 13.0. The van der Waals surface area contributed by atoms with Gasteiger partial charge < -0.3 is 30.5 Å². The van der Waals surface area contributed by atoms with E-state index in [-0.39, 0.29) is 61.0 Å². The number of aliphatic hydroxyl groups excluding tert-OH is 1. The largest absolute Gasteiger partial charge is 0.491 e. The van der Waals surface area contributed by atoms with Gasteiger partial charge in [0, 0.05) is 19.1 Å². The number of amides is 1. The third-order valence-electron chi connectivity index (χ3n) is 4.10. The van der Waals surface area contributed by atoms with Gasteiger partial charge in [-0.25, -0.2) is 9.18 Å². The number of rotatable bonds is 7. The number of piperidine rings is 1. The van der Waals surface area contributed by atoms with E-state index in [1.54, 1.807) is 11.8 Å². The standard InChI is InChI=1S/C18H27FN4O4.HI/c1-2-26-18(25)23-9-7-14(8-10-23)22-17(20)21-11-15(24)12-27-16-5-3-13(19)4-6-16;/h3-6,14-15,24H,2,7-12H2,1H3,(H3,20,21,22);1H. The molecule has 0 aliphatic carbocycles. The Hall–Kier alpha value is -1.82. The summed E-state index contributed by atoms with van der Waals surface area (Å²) in [5.74, 6) is 0.365. The minimum Gasteiger partial charge on any atom is -0.491 e. The van der Waals surface area contributed by atoms with Crippen molar-refractivity contribution in [3.05, 3.63) is 30.1 Å². The molecule has 0 radical (unpaired) electrons. The van der Waals surface area contributed by atoms with Crippen LogP contribution in [-0.2, 0) is 4.74 Å². The van der Waals surface area contributed by atoms with Crippen molar-refractivity contribution in [3.8, 4) is 5.75 Å². The van der Waals surface area contributed by atoms with Crippen molar-refractivity contribution in [1.29, 1.82) is 0 Å². The summed E-state index contributed by atoms with van der Waals surface area (Å²) in [6.07, 6.45) is 0.360. The van der Waals surface area contributed by atoms with Crippen LogP contribution >= 0.6 is 24.0 Å². The lowest BCUT2D eigenvalue weighted by Gasteiger charge is -2.31. The number of hydrogen-bond donors (Lipinski definition) is 3. The van der Waals surface area contributed by atoms with Crippen LogP contribution < -0.4 is 15.8 Å². The molecule has 158 valence electrons. The maximum Gasteiger partial charge on any atom is 0.409 e. The van der Waals surface area contributed by atoms with Crippen LogP contribution in [0.5, 0.6) is 5.75 Å². The number of aliphatic imine (C=N–C) groups is 1. The highest BCUT2D eigenvalue weighted by atomic mass is 127. The van der Waals surface area contributed by atoms with Crippen molar-refractivity contribution >= 4 is 36.0 Å². The van der Waals surface area contributed by atoms with Gasteiger partial charge in [-0.3, -0.25) is 4.99 Å². The molecule has 1 aromatic carbocycles. The van der Waals surface area contributed by atoms with Gasteiger partial charge in [0.2, 0.25) is 0 Å². The van der Waals surface area contributed by atoms with E-state index < -0.39 is 6.10 Å². The molecule has 1 aliphatic rings. The Morgan fingerprint density at radius 2 is 2.04 bits per heavy atom. The van der Waals surface area contributed by atoms with Gasteiger partial charge in [0.15, 0.2) is 5.96 Å². The molecule has 8 nitrogen and oxygen atoms in total. The first-order valence-electron chi connectivity index (χ1n) is 9.02. The van der Waals surface area contributed by atoms with Gasteiger partial charge >= 0.3 is 6.09 Å². The zero-order chi connectivity index (χ0) is 19.6. The Kier molecular flexibility index (Phi) is 10.9. The van der Waals surface area contributed by atoms with E-state index in [9.17, 15) is 14.3 Å². The van der Waals surface area contributed by atoms with Crippen molar-refractivity contribution in [2.75, 3.05) is 32.8 Å². The Balaban J connectivity index is 0.00000392. The van der Waals surface area contributed by atoms with Gasteiger partial charge in [0.05, 0.1) is 13.2 Å². The third-order valence-corrected chi connectivity index (χ3v) is 4.10. The van der Waals surface area contributed by atoms with Gasteiger partial charge in [-0.05, 0) is 44.0 Å². The molecule has 10 heteroatoms. The van der Waals surface area contributed by atoms with Crippen LogP contribution in [0, 0.1) is 5.82 Å². The summed E-state index contributed by atoms with van der Waals surface area (Å²) in [6.45, 7) is 3.45. The second-order valence-electron chi connectivity index (χ2n) is 6.25. The molecule has 1 amide bonds. The fourth-order valence-corrected chi connectivity index (χ4v) is 2.66. The van der Waals surface area contributed by atoms with Crippen LogP contribution in [0.2, 0.25) is 0 Å². The molecule has 4 N–H and O–H groups in total. The molecule has 0 spiro atoms. The van der Waals surface area contributed by atoms with Crippen LogP contribution in [0.15, 0.2) is 29.3 Å². The van der Waals surface area contributed by atoms with Gasteiger partial charge in [0.1, 0.15) is 24.3 Å². The maximum atomic E-state index is 12.8. The number of ether oxygens (including phenoxy) is 2. The number of guanidine groups is 1. The fourth-order valence-electron chi connectivity index (χ4n) is 2.66. The zero-order valence-corrected chi connectivity index (χ0v) is 18.2. The molecular weight excluding hydrogens is 482 g/mol. The summed E-state index contributed by atoms with van der Waals surface area (Å²) >= 11 is 0. The monoisotopic (exact) mass is 510 g/mol. The quantitative estimate of drug-likeness (QED) is 0.293. The van der Waals surface area contributed by atoms with Crippen LogP contribution in [0.1, 0.15) is 19.8 Å². The van der Waals surface area contributed by atoms with Gasteiger partial charge in [-0.2, -0.15) is 0 Å². The van der Waals surface area contributed by atoms with E-state index in [2.05, 4.69) is 10.3 Å². The summed E-state index contributed by atoms with van der Waals surface area (Å²) in [4.78, 5) is 17.5. The number of hydrogen-bond acceptors (Lipinski definition) is 5. The Morgan fingerprint density at radius 3 is 2.64 bits per heavy atom. The van der Waals surface area contributed by atoms with Crippen LogP contribution in [0.25, 0.3) is 0 Å². The number of nitrogens with one attached hydrogen (secondary N) is 1. The van der Waals surface area contributed by atoms with Crippen molar-refractivity contribution in [2.24, 2.45) is 10.7 Å². The minimum atomic E-state index is -0.832. The number of nitrogens with zero attached hydrogens (tertiary/aromatic N) is 2. The first kappa shape index (κ1) is 24.2. The van der Waals surface area contributed by atoms with Gasteiger partial charge in [-0.15, -0.1) is 24.0 Å². The number of aliphatic hydroxyl groups is 1. The Bertz CT molecular complexity index is 625. The lowest BCUT2D eigenvalue weighted by Crippen LogP contribution is -2.48. The second kappa shape index (κ2) is 12.6. The average molecular weight is 510 g/mol. The molecule has 0 aromatic heterocycles. The molecule has 1 saturated heterocycles. The van der Waals surface area contributed by atoms with E-state index in [4.69, 9.17) is 15.2 Å². The molecule has 1 unspecified atom stereocenters. The molecular formula is C18H28FIN4O4. The molecule has 0 bridgehead atoms. The summed E-state index contributed by atoms with van der Waals surface area (Å²) < 4.78 is 23.2. The molecule has 1 atom stereocenters. The van der Waals surface area contributed by atoms with Crippen molar-refractivity contribution in [2.45, 2.75) is 31.9 Å². The van der Waals surface area contributed by atoms with E-state index in [1.165, 1.54) is 24.3 Å². The van der Waals surface area contributed by atoms with Gasteiger partial charge in [0.25, 0.3) is 0 Å². The number of carbonyl (C=O) groups excluding carboxylic acids is 1. The van der Waals surface area contributed by atoms with Crippen molar-refractivity contribution < 1.29 is 23.8 Å². The lowest BCUT2D eigenvalue weighted by atomic mass is 10.1. The maximum absolute atomic E-state index is 12.8. The van der Waals surface area contributed by atoms with E-state index in [0.717, 1.165) is 12.8 Å². The zero-order valence-electron chi connectivity index (χ0n) is 15.8. The summed E-state index contributed by atoms with van der Waals surface area (Å²) in [5.41, 5.74) is 5.86. The summed E-state index contributed by atoms with van der Waals surface area (Å²) in [6, 6.07) is 5.67. The number of benzene rings is 1. The van der Waals surface area contributed by atoms with E-state index in [1.807, 2.05) is 0 Å².